The number of hydrogen-bond donors (Lipinski definition) is 3. The Balaban J connectivity index is 1.73. The third kappa shape index (κ3) is 5.46. The van der Waals surface area contributed by atoms with Crippen molar-refractivity contribution < 1.29 is 14.6 Å². The summed E-state index contributed by atoms with van der Waals surface area (Å²) in [5.74, 6) is -0.0306. The van der Waals surface area contributed by atoms with E-state index in [1.807, 2.05) is 45.0 Å². The van der Waals surface area contributed by atoms with Crippen LogP contribution in [-0.2, 0) is 11.3 Å². The number of carbonyl (C=O) groups is 1. The topological polar surface area (TPSA) is 94.7 Å². The molecule has 0 unspecified atom stereocenters. The number of rotatable bonds is 7. The second-order valence-electron chi connectivity index (χ2n) is 9.47. The first-order chi connectivity index (χ1) is 17.3. The van der Waals surface area contributed by atoms with Crippen molar-refractivity contribution >= 4 is 11.6 Å². The molecule has 0 saturated carbocycles. The fourth-order valence-electron chi connectivity index (χ4n) is 5.04. The number of aromatic amines is 1. The van der Waals surface area contributed by atoms with Gasteiger partial charge in [0.1, 0.15) is 5.75 Å². The van der Waals surface area contributed by atoms with E-state index >= 15 is 0 Å². The van der Waals surface area contributed by atoms with Crippen molar-refractivity contribution in [1.29, 1.82) is 0 Å². The van der Waals surface area contributed by atoms with Crippen molar-refractivity contribution in [3.8, 4) is 16.9 Å². The van der Waals surface area contributed by atoms with Gasteiger partial charge in [-0.3, -0.25) is 9.59 Å². The van der Waals surface area contributed by atoms with Crippen LogP contribution in [0.3, 0.4) is 0 Å². The number of phenols is 1. The lowest BCUT2D eigenvalue weighted by Crippen LogP contribution is -2.40. The van der Waals surface area contributed by atoms with Crippen LogP contribution in [0.4, 0.5) is 5.69 Å². The first kappa shape index (κ1) is 25.5. The van der Waals surface area contributed by atoms with Gasteiger partial charge >= 0.3 is 0 Å². The summed E-state index contributed by atoms with van der Waals surface area (Å²) >= 11 is 0. The predicted octanol–water partition coefficient (Wildman–Crippen LogP) is 4.61. The van der Waals surface area contributed by atoms with Crippen LogP contribution in [0, 0.1) is 20.8 Å². The molecule has 4 rings (SSSR count). The Morgan fingerprint density at radius 1 is 1.08 bits per heavy atom. The number of anilines is 1. The Labute approximate surface area is 212 Å². The second-order valence-corrected chi connectivity index (χ2v) is 9.47. The van der Waals surface area contributed by atoms with Crippen molar-refractivity contribution in [2.24, 2.45) is 0 Å². The summed E-state index contributed by atoms with van der Waals surface area (Å²) in [6.07, 6.45) is 1.88. The summed E-state index contributed by atoms with van der Waals surface area (Å²) in [4.78, 5) is 31.1. The number of nitrogens with zero attached hydrogens (tertiary/aromatic N) is 1. The summed E-state index contributed by atoms with van der Waals surface area (Å²) in [6.45, 7) is 10.3. The summed E-state index contributed by atoms with van der Waals surface area (Å²) in [6, 6.07) is 13.3. The van der Waals surface area contributed by atoms with Gasteiger partial charge in [-0.2, -0.15) is 0 Å². The number of ether oxygens (including phenoxy) is 1. The number of amides is 1. The van der Waals surface area contributed by atoms with Gasteiger partial charge in [0.05, 0.1) is 0 Å². The molecule has 0 atom stereocenters. The van der Waals surface area contributed by atoms with Crippen LogP contribution in [0.2, 0.25) is 0 Å². The highest BCUT2D eigenvalue weighted by Crippen LogP contribution is 2.34. The van der Waals surface area contributed by atoms with Crippen molar-refractivity contribution in [2.45, 2.75) is 53.1 Å². The minimum atomic E-state index is -0.225. The number of pyridine rings is 1. The minimum absolute atomic E-state index is 0.149. The van der Waals surface area contributed by atoms with Gasteiger partial charge in [0.25, 0.3) is 11.5 Å². The van der Waals surface area contributed by atoms with E-state index in [9.17, 15) is 14.7 Å². The number of H-pyrrole nitrogens is 1. The van der Waals surface area contributed by atoms with E-state index in [4.69, 9.17) is 4.74 Å². The molecule has 7 heteroatoms. The van der Waals surface area contributed by atoms with Crippen LogP contribution < -0.4 is 15.8 Å². The van der Waals surface area contributed by atoms with E-state index in [2.05, 4.69) is 28.2 Å². The first-order valence-corrected chi connectivity index (χ1v) is 12.5. The van der Waals surface area contributed by atoms with Crippen LogP contribution >= 0.6 is 0 Å². The van der Waals surface area contributed by atoms with Gasteiger partial charge in [-0.15, -0.1) is 0 Å². The number of aromatic hydroxyl groups is 1. The van der Waals surface area contributed by atoms with Gasteiger partial charge < -0.3 is 25.0 Å². The maximum absolute atomic E-state index is 13.5. The molecule has 1 aliphatic heterocycles. The highest BCUT2D eigenvalue weighted by atomic mass is 16.5. The monoisotopic (exact) mass is 489 g/mol. The van der Waals surface area contributed by atoms with Crippen molar-refractivity contribution in [3.63, 3.8) is 0 Å². The van der Waals surface area contributed by atoms with Crippen LogP contribution in [0.15, 0.2) is 47.3 Å². The zero-order valence-corrected chi connectivity index (χ0v) is 21.5. The first-order valence-electron chi connectivity index (χ1n) is 12.5. The average molecular weight is 490 g/mol. The summed E-state index contributed by atoms with van der Waals surface area (Å²) in [5.41, 5.74) is 6.32. The van der Waals surface area contributed by atoms with E-state index in [-0.39, 0.29) is 23.8 Å². The molecular weight excluding hydrogens is 454 g/mol. The number of carbonyl (C=O) groups excluding carboxylic acids is 1. The van der Waals surface area contributed by atoms with Crippen molar-refractivity contribution in [2.75, 3.05) is 24.7 Å². The van der Waals surface area contributed by atoms with Gasteiger partial charge in [-0.25, -0.2) is 0 Å². The molecule has 7 nitrogen and oxygen atoms in total. The Morgan fingerprint density at radius 3 is 2.42 bits per heavy atom. The fourth-order valence-corrected chi connectivity index (χ4v) is 5.04. The summed E-state index contributed by atoms with van der Waals surface area (Å²) in [7, 11) is 0. The Morgan fingerprint density at radius 2 is 1.78 bits per heavy atom. The highest BCUT2D eigenvalue weighted by Gasteiger charge is 2.25. The number of nitrogens with one attached hydrogen (secondary N) is 2. The zero-order chi connectivity index (χ0) is 25.8. The molecule has 1 aliphatic rings. The van der Waals surface area contributed by atoms with Crippen LogP contribution in [0.1, 0.15) is 52.5 Å². The summed E-state index contributed by atoms with van der Waals surface area (Å²) in [5, 5.41) is 12.7. The highest BCUT2D eigenvalue weighted by molar-refractivity contribution is 5.99. The number of phenolic OH excluding ortho intramolecular Hbond substituents is 1. The largest absolute Gasteiger partial charge is 0.508 e. The molecule has 3 aromatic rings. The molecule has 1 saturated heterocycles. The van der Waals surface area contributed by atoms with E-state index < -0.39 is 0 Å². The number of hydrogen-bond acceptors (Lipinski definition) is 5. The van der Waals surface area contributed by atoms with Crippen molar-refractivity contribution in [3.05, 3.63) is 80.8 Å². The molecule has 0 spiro atoms. The van der Waals surface area contributed by atoms with Gasteiger partial charge in [0.15, 0.2) is 0 Å². The smallest absolute Gasteiger partial charge is 0.253 e. The molecule has 1 fully saturated rings. The number of aromatic nitrogens is 1. The number of aryl methyl sites for hydroxylation is 2. The van der Waals surface area contributed by atoms with Crippen LogP contribution in [-0.4, -0.2) is 41.8 Å². The molecule has 1 aromatic heterocycles. The van der Waals surface area contributed by atoms with E-state index in [1.54, 1.807) is 12.1 Å². The Kier molecular flexibility index (Phi) is 7.79. The molecule has 0 aliphatic carbocycles. The van der Waals surface area contributed by atoms with Gasteiger partial charge in [0.2, 0.25) is 0 Å². The van der Waals surface area contributed by atoms with Gasteiger partial charge in [0, 0.05) is 54.9 Å². The van der Waals surface area contributed by atoms with E-state index in [0.717, 1.165) is 66.2 Å². The zero-order valence-electron chi connectivity index (χ0n) is 21.5. The molecule has 36 heavy (non-hydrogen) atoms. The molecule has 0 radical (unpaired) electrons. The molecule has 3 N–H and O–H groups in total. The standard InChI is InChI=1S/C29H35N3O4/c1-5-32(23-10-12-36-13-11-23)27-16-22(21-6-8-24(33)9-7-21)15-25(20(27)4)28(34)30-17-26-18(2)14-19(3)31-29(26)35/h6-9,14-16,23,33H,5,10-13,17H2,1-4H3,(H,30,34)(H,31,35). The molecule has 2 heterocycles. The molecule has 2 aromatic carbocycles. The maximum atomic E-state index is 13.5. The average Bonchev–Trinajstić information content (AvgIpc) is 2.86. The van der Waals surface area contributed by atoms with Gasteiger partial charge in [-0.05, 0) is 93.1 Å². The molecule has 1 amide bonds. The Bertz CT molecular complexity index is 1290. The lowest BCUT2D eigenvalue weighted by Gasteiger charge is -2.37. The summed E-state index contributed by atoms with van der Waals surface area (Å²) < 4.78 is 5.58. The molecular formula is C29H35N3O4. The lowest BCUT2D eigenvalue weighted by atomic mass is 9.95. The van der Waals surface area contributed by atoms with Crippen LogP contribution in [0.5, 0.6) is 5.75 Å². The number of benzene rings is 2. The van der Waals surface area contributed by atoms with Crippen molar-refractivity contribution in [1.82, 2.24) is 10.3 Å². The fraction of sp³-hybridized carbons (Fsp3) is 0.379. The lowest BCUT2D eigenvalue weighted by molar-refractivity contribution is 0.0846. The third-order valence-corrected chi connectivity index (χ3v) is 7.03. The normalized spacial score (nSPS) is 14.0. The maximum Gasteiger partial charge on any atom is 0.253 e. The van der Waals surface area contributed by atoms with Gasteiger partial charge in [-0.1, -0.05) is 12.1 Å². The van der Waals surface area contributed by atoms with E-state index in [0.29, 0.717) is 17.2 Å². The molecule has 0 bridgehead atoms. The van der Waals surface area contributed by atoms with Crippen LogP contribution in [0.25, 0.3) is 11.1 Å². The SMILES string of the molecule is CCN(c1cc(-c2ccc(O)cc2)cc(C(=O)NCc2c(C)cc(C)[nH]c2=O)c1C)C1CCOCC1. The second kappa shape index (κ2) is 11.0. The Hall–Kier alpha value is -3.58. The molecule has 190 valence electrons. The third-order valence-electron chi connectivity index (χ3n) is 7.03. The predicted molar refractivity (Wildman–Crippen MR) is 143 cm³/mol. The minimum Gasteiger partial charge on any atom is -0.508 e. The van der Waals surface area contributed by atoms with E-state index in [1.165, 1.54) is 0 Å². The quantitative estimate of drug-likeness (QED) is 0.451.